The van der Waals surface area contributed by atoms with Gasteiger partial charge >= 0.3 is 11.9 Å². The van der Waals surface area contributed by atoms with Crippen LogP contribution < -0.4 is 9.80 Å². The highest BCUT2D eigenvalue weighted by Crippen LogP contribution is 2.53. The Kier molecular flexibility index (Phi) is 13.4. The maximum Gasteiger partial charge on any atom is 0.419 e. The fourth-order valence-electron chi connectivity index (χ4n) is 6.75. The molecule has 10 nitrogen and oxygen atoms in total. The average molecular weight is 836 g/mol. The van der Waals surface area contributed by atoms with Crippen molar-refractivity contribution in [2.75, 3.05) is 62.2 Å². The molecular weight excluding hydrogens is 792 g/mol. The van der Waals surface area contributed by atoms with Gasteiger partial charge in [-0.05, 0) is 74.7 Å². The molecule has 0 aliphatic carbocycles. The van der Waals surface area contributed by atoms with Gasteiger partial charge in [-0.3, -0.25) is 19.4 Å². The van der Waals surface area contributed by atoms with Crippen molar-refractivity contribution in [2.45, 2.75) is 47.4 Å². The van der Waals surface area contributed by atoms with Crippen LogP contribution in [0, 0.1) is 0 Å². The number of likely N-dealkylation sites (N-methyl/N-ethyl adjacent to an activating group) is 2. The van der Waals surface area contributed by atoms with E-state index >= 15 is 0 Å². The zero-order chi connectivity index (χ0) is 40.0. The van der Waals surface area contributed by atoms with Crippen LogP contribution in [0.1, 0.15) is 38.8 Å². The average Bonchev–Trinajstić information content (AvgIpc) is 3.21. The standard InChI is InChI=1S/C42H44Cl2N4O6S2/c1-5-45(6-2)25-37(49)47-27-41(29-17-21-31(43)22-18-29,55-35-15-11-9-13-33(35)47)53-39(51)40(52)54-42(30-19-23-32(44)24-20-30)28-48(38(50)26-46(7-3)8-4)34-14-10-12-16-36(34)56-42/h9-24H,5-8,25-28H2,1-4H3. The second kappa shape index (κ2) is 18.0. The molecule has 2 amide bonds. The van der Waals surface area contributed by atoms with Crippen LogP contribution in [0.4, 0.5) is 11.4 Å². The Labute approximate surface area is 346 Å². The van der Waals surface area contributed by atoms with E-state index in [0.29, 0.717) is 68.5 Å². The summed E-state index contributed by atoms with van der Waals surface area (Å²) in [5.74, 6) is -2.91. The van der Waals surface area contributed by atoms with Crippen LogP contribution in [0.2, 0.25) is 10.0 Å². The third-order valence-electron chi connectivity index (χ3n) is 9.95. The molecule has 2 aliphatic rings. The van der Waals surface area contributed by atoms with E-state index in [0.717, 1.165) is 0 Å². The van der Waals surface area contributed by atoms with E-state index in [-0.39, 0.29) is 38.0 Å². The van der Waals surface area contributed by atoms with E-state index in [2.05, 4.69) is 0 Å². The lowest BCUT2D eigenvalue weighted by atomic mass is 10.1. The van der Waals surface area contributed by atoms with Gasteiger partial charge in [0, 0.05) is 31.0 Å². The minimum Gasteiger partial charge on any atom is -0.433 e. The van der Waals surface area contributed by atoms with E-state index in [1.165, 1.54) is 23.5 Å². The summed E-state index contributed by atoms with van der Waals surface area (Å²) in [5, 5.41) is 0.926. The Balaban J connectivity index is 1.38. The number of benzene rings is 4. The third-order valence-corrected chi connectivity index (χ3v) is 13.1. The van der Waals surface area contributed by atoms with Crippen LogP contribution in [0.3, 0.4) is 0 Å². The highest BCUT2D eigenvalue weighted by molar-refractivity contribution is 8.00. The number of carbonyl (C=O) groups is 4. The molecule has 0 bridgehead atoms. The molecule has 56 heavy (non-hydrogen) atoms. The summed E-state index contributed by atoms with van der Waals surface area (Å²) < 4.78 is 12.6. The first kappa shape index (κ1) is 41.6. The van der Waals surface area contributed by atoms with Crippen molar-refractivity contribution in [3.63, 3.8) is 0 Å². The van der Waals surface area contributed by atoms with Gasteiger partial charge in [-0.2, -0.15) is 0 Å². The minimum atomic E-state index is -1.57. The smallest absolute Gasteiger partial charge is 0.419 e. The Morgan fingerprint density at radius 2 is 0.911 bits per heavy atom. The van der Waals surface area contributed by atoms with Gasteiger partial charge in [0.1, 0.15) is 0 Å². The van der Waals surface area contributed by atoms with Gasteiger partial charge in [-0.25, -0.2) is 9.59 Å². The molecule has 2 atom stereocenters. The molecule has 0 fully saturated rings. The fourth-order valence-corrected chi connectivity index (χ4v) is 9.70. The van der Waals surface area contributed by atoms with E-state index in [1.54, 1.807) is 58.3 Å². The number of fused-ring (bicyclic) bond motifs is 2. The molecule has 0 aromatic heterocycles. The monoisotopic (exact) mass is 834 g/mol. The Morgan fingerprint density at radius 1 is 0.571 bits per heavy atom. The fraction of sp³-hybridized carbons (Fsp3) is 0.333. The summed E-state index contributed by atoms with van der Waals surface area (Å²) in [5.41, 5.74) is 2.38. The van der Waals surface area contributed by atoms with Gasteiger partial charge < -0.3 is 19.3 Å². The van der Waals surface area contributed by atoms with Crippen molar-refractivity contribution in [2.24, 2.45) is 0 Å². The molecule has 294 valence electrons. The van der Waals surface area contributed by atoms with Crippen LogP contribution in [0.15, 0.2) is 107 Å². The summed E-state index contributed by atoms with van der Waals surface area (Å²) in [6.45, 7) is 10.8. The number of halogens is 2. The second-order valence-corrected chi connectivity index (χ2v) is 16.8. The molecule has 0 spiro atoms. The maximum atomic E-state index is 14.3. The number of para-hydroxylation sites is 2. The molecule has 0 saturated carbocycles. The lowest BCUT2D eigenvalue weighted by Crippen LogP contribution is -2.52. The first-order chi connectivity index (χ1) is 26.9. The second-order valence-electron chi connectivity index (χ2n) is 13.3. The van der Waals surface area contributed by atoms with Gasteiger partial charge in [0.25, 0.3) is 0 Å². The number of rotatable bonds is 12. The molecule has 0 saturated heterocycles. The number of thioether (sulfide) groups is 2. The van der Waals surface area contributed by atoms with Gasteiger partial charge in [0.2, 0.25) is 21.7 Å². The predicted octanol–water partition coefficient (Wildman–Crippen LogP) is 8.05. The summed E-state index contributed by atoms with van der Waals surface area (Å²) in [7, 11) is 0. The Morgan fingerprint density at radius 3 is 1.25 bits per heavy atom. The number of anilines is 2. The van der Waals surface area contributed by atoms with E-state index in [9.17, 15) is 19.2 Å². The number of hydrogen-bond donors (Lipinski definition) is 0. The quantitative estimate of drug-likeness (QED) is 0.103. The first-order valence-corrected chi connectivity index (χ1v) is 20.9. The molecule has 2 aliphatic heterocycles. The molecule has 0 radical (unpaired) electrons. The number of ether oxygens (including phenoxy) is 2. The van der Waals surface area contributed by atoms with Crippen molar-refractivity contribution < 1.29 is 28.7 Å². The number of esters is 2. The SMILES string of the molecule is CCN(CC)CC(=O)N1CC(OC(=O)C(=O)OC2(c3ccc(Cl)cc3)CN(C(=O)CN(CC)CC)c3ccccc3S2)(c2ccc(Cl)cc2)Sc2ccccc21. The Hall–Kier alpha value is -4.04. The minimum absolute atomic E-state index is 0.0898. The van der Waals surface area contributed by atoms with Crippen LogP contribution in [-0.4, -0.2) is 85.9 Å². The number of amides is 2. The molecule has 6 rings (SSSR count). The summed E-state index contributed by atoms with van der Waals surface area (Å²) in [6, 6.07) is 28.3. The summed E-state index contributed by atoms with van der Waals surface area (Å²) >= 11 is 15.1. The molecule has 14 heteroatoms. The van der Waals surface area contributed by atoms with Gasteiger partial charge in [0.15, 0.2) is 0 Å². The number of nitrogens with zero attached hydrogens (tertiary/aromatic N) is 4. The normalized spacial score (nSPS) is 19.0. The Bertz CT molecular complexity index is 1920. The van der Waals surface area contributed by atoms with E-state index in [1.807, 2.05) is 86.0 Å². The van der Waals surface area contributed by atoms with Crippen molar-refractivity contribution in [3.8, 4) is 0 Å². The highest BCUT2D eigenvalue weighted by atomic mass is 35.5. The topological polar surface area (TPSA) is 99.7 Å². The lowest BCUT2D eigenvalue weighted by Gasteiger charge is -2.44. The zero-order valence-corrected chi connectivity index (χ0v) is 34.9. The highest BCUT2D eigenvalue weighted by Gasteiger charge is 2.50. The molecule has 2 unspecified atom stereocenters. The van der Waals surface area contributed by atoms with Gasteiger partial charge in [0.05, 0.1) is 37.6 Å². The van der Waals surface area contributed by atoms with E-state index in [4.69, 9.17) is 32.7 Å². The number of carbonyl (C=O) groups excluding carboxylic acids is 4. The largest absolute Gasteiger partial charge is 0.433 e. The molecule has 4 aromatic carbocycles. The van der Waals surface area contributed by atoms with Crippen molar-refractivity contribution in [1.82, 2.24) is 9.80 Å². The first-order valence-electron chi connectivity index (χ1n) is 18.5. The van der Waals surface area contributed by atoms with E-state index < -0.39 is 21.8 Å². The zero-order valence-electron chi connectivity index (χ0n) is 31.7. The van der Waals surface area contributed by atoms with Gasteiger partial charge in [-0.1, -0.05) is 123 Å². The lowest BCUT2D eigenvalue weighted by molar-refractivity contribution is -0.177. The van der Waals surface area contributed by atoms with Crippen LogP contribution in [0.5, 0.6) is 0 Å². The predicted molar refractivity (Wildman–Crippen MR) is 223 cm³/mol. The van der Waals surface area contributed by atoms with Crippen molar-refractivity contribution in [1.29, 1.82) is 0 Å². The molecule has 4 aromatic rings. The maximum absolute atomic E-state index is 14.3. The van der Waals surface area contributed by atoms with Crippen LogP contribution in [0.25, 0.3) is 0 Å². The molecule has 2 heterocycles. The molecule has 0 N–H and O–H groups in total. The third kappa shape index (κ3) is 8.91. The van der Waals surface area contributed by atoms with Crippen molar-refractivity contribution in [3.05, 3.63) is 118 Å². The van der Waals surface area contributed by atoms with Gasteiger partial charge in [-0.15, -0.1) is 0 Å². The summed E-state index contributed by atoms with van der Waals surface area (Å²) in [4.78, 5) is 62.2. The van der Waals surface area contributed by atoms with Crippen LogP contribution >= 0.6 is 46.7 Å². The van der Waals surface area contributed by atoms with Crippen LogP contribution in [-0.2, 0) is 38.5 Å². The van der Waals surface area contributed by atoms with Crippen molar-refractivity contribution >= 4 is 81.9 Å². The molecular formula is C42H44Cl2N4O6S2. The summed E-state index contributed by atoms with van der Waals surface area (Å²) in [6.07, 6.45) is 0. The number of hydrogen-bond acceptors (Lipinski definition) is 10.